The van der Waals surface area contributed by atoms with E-state index in [1.54, 1.807) is 0 Å². The molecule has 1 rings (SSSR count). The number of hydrogen-bond donors (Lipinski definition) is 1. The van der Waals surface area contributed by atoms with Crippen molar-refractivity contribution in [2.45, 2.75) is 31.2 Å². The normalized spacial score (nSPS) is 11.7. The molecule has 1 aromatic carbocycles. The lowest BCUT2D eigenvalue weighted by Gasteiger charge is -2.14. The third-order valence-corrected chi connectivity index (χ3v) is 3.66. The number of rotatable bonds is 6. The zero-order valence-corrected chi connectivity index (χ0v) is 11.9. The number of hydrogen-bond acceptors (Lipinski definition) is 2. The van der Waals surface area contributed by atoms with E-state index in [-0.39, 0.29) is 0 Å². The van der Waals surface area contributed by atoms with E-state index in [4.69, 9.17) is 11.6 Å². The molecule has 0 aromatic heterocycles. The summed E-state index contributed by atoms with van der Waals surface area (Å²) in [6.07, 6.45) is 0.901. The summed E-state index contributed by atoms with van der Waals surface area (Å²) in [5, 5.41) is 4.24. The van der Waals surface area contributed by atoms with Crippen LogP contribution in [-0.2, 0) is 0 Å². The van der Waals surface area contributed by atoms with Crippen LogP contribution < -0.4 is 5.32 Å². The molecule has 0 aliphatic rings. The average molecular weight is 268 g/mol. The van der Waals surface area contributed by atoms with Gasteiger partial charge in [0, 0.05) is 28.1 Å². The lowest BCUT2D eigenvalue weighted by Crippen LogP contribution is -2.30. The monoisotopic (exact) mass is 267 g/mol. The van der Waals surface area contributed by atoms with Crippen molar-refractivity contribution in [2.75, 3.05) is 12.3 Å². The van der Waals surface area contributed by atoms with Crippen molar-refractivity contribution in [3.05, 3.63) is 29.3 Å². The van der Waals surface area contributed by atoms with Crippen LogP contribution in [0.25, 0.3) is 0 Å². The van der Waals surface area contributed by atoms with E-state index in [0.29, 0.717) is 6.04 Å². The fraction of sp³-hybridized carbons (Fsp3) is 0.429. The fourth-order valence-electron chi connectivity index (χ4n) is 1.46. The molecule has 0 saturated carbocycles. The molecule has 0 saturated heterocycles. The van der Waals surface area contributed by atoms with Gasteiger partial charge in [-0.2, -0.15) is 0 Å². The Morgan fingerprint density at radius 3 is 2.94 bits per heavy atom. The van der Waals surface area contributed by atoms with Gasteiger partial charge in [0.1, 0.15) is 0 Å². The first-order valence-corrected chi connectivity index (χ1v) is 7.14. The Balaban J connectivity index is 2.47. The minimum Gasteiger partial charge on any atom is -0.312 e. The number of thioether (sulfide) groups is 1. The van der Waals surface area contributed by atoms with Crippen molar-refractivity contribution < 1.29 is 0 Å². The van der Waals surface area contributed by atoms with Crippen molar-refractivity contribution >= 4 is 23.4 Å². The SMILES string of the molecule is CC#CCC(CSc1cccc(Cl)c1)NCC. The molecule has 1 atom stereocenters. The van der Waals surface area contributed by atoms with Gasteiger partial charge >= 0.3 is 0 Å². The molecule has 0 aliphatic carbocycles. The van der Waals surface area contributed by atoms with Gasteiger partial charge < -0.3 is 5.32 Å². The van der Waals surface area contributed by atoms with Gasteiger partial charge in [0.25, 0.3) is 0 Å². The van der Waals surface area contributed by atoms with Gasteiger partial charge in [0.05, 0.1) is 0 Å². The van der Waals surface area contributed by atoms with E-state index < -0.39 is 0 Å². The highest BCUT2D eigenvalue weighted by molar-refractivity contribution is 7.99. The van der Waals surface area contributed by atoms with Crippen molar-refractivity contribution in [2.24, 2.45) is 0 Å². The second-order valence-electron chi connectivity index (χ2n) is 3.65. The molecule has 17 heavy (non-hydrogen) atoms. The van der Waals surface area contributed by atoms with Gasteiger partial charge in [0.2, 0.25) is 0 Å². The van der Waals surface area contributed by atoms with Crippen LogP contribution in [0.5, 0.6) is 0 Å². The van der Waals surface area contributed by atoms with Crippen LogP contribution in [0, 0.1) is 11.8 Å². The van der Waals surface area contributed by atoms with Crippen LogP contribution in [0.1, 0.15) is 20.3 Å². The Labute approximate surface area is 113 Å². The van der Waals surface area contributed by atoms with Crippen molar-refractivity contribution in [3.8, 4) is 11.8 Å². The Bertz CT molecular complexity index is 395. The molecule has 1 nitrogen and oxygen atoms in total. The predicted molar refractivity (Wildman–Crippen MR) is 77.7 cm³/mol. The minimum atomic E-state index is 0.441. The standard InChI is InChI=1S/C14H18ClNS/c1-3-5-8-13(16-4-2)11-17-14-9-6-7-12(15)10-14/h6-7,9-10,13,16H,4,8,11H2,1-2H3. The van der Waals surface area contributed by atoms with E-state index in [1.165, 1.54) is 4.90 Å². The fourth-order valence-corrected chi connectivity index (χ4v) is 2.73. The van der Waals surface area contributed by atoms with Gasteiger partial charge in [0.15, 0.2) is 0 Å². The van der Waals surface area contributed by atoms with Crippen LogP contribution >= 0.6 is 23.4 Å². The van der Waals surface area contributed by atoms with Gasteiger partial charge in [-0.05, 0) is 31.7 Å². The Morgan fingerprint density at radius 1 is 1.47 bits per heavy atom. The summed E-state index contributed by atoms with van der Waals surface area (Å²) in [4.78, 5) is 1.21. The van der Waals surface area contributed by atoms with E-state index in [1.807, 2.05) is 36.9 Å². The van der Waals surface area contributed by atoms with Crippen LogP contribution in [-0.4, -0.2) is 18.3 Å². The molecular formula is C14H18ClNS. The Morgan fingerprint density at radius 2 is 2.29 bits per heavy atom. The summed E-state index contributed by atoms with van der Waals surface area (Å²) >= 11 is 7.77. The maximum absolute atomic E-state index is 5.95. The first-order chi connectivity index (χ1) is 8.26. The number of halogens is 1. The van der Waals surface area contributed by atoms with Crippen LogP contribution in [0.2, 0.25) is 5.02 Å². The highest BCUT2D eigenvalue weighted by atomic mass is 35.5. The highest BCUT2D eigenvalue weighted by Crippen LogP contribution is 2.22. The molecule has 1 aromatic rings. The van der Waals surface area contributed by atoms with Gasteiger partial charge in [-0.1, -0.05) is 24.6 Å². The molecule has 1 N–H and O–H groups in total. The lowest BCUT2D eigenvalue weighted by atomic mass is 10.2. The van der Waals surface area contributed by atoms with E-state index in [0.717, 1.165) is 23.7 Å². The number of nitrogens with one attached hydrogen (secondary N) is 1. The van der Waals surface area contributed by atoms with E-state index in [2.05, 4.69) is 30.1 Å². The largest absolute Gasteiger partial charge is 0.312 e. The maximum Gasteiger partial charge on any atom is 0.0417 e. The molecule has 0 heterocycles. The highest BCUT2D eigenvalue weighted by Gasteiger charge is 2.06. The van der Waals surface area contributed by atoms with Crippen LogP contribution in [0.15, 0.2) is 29.2 Å². The zero-order chi connectivity index (χ0) is 12.5. The average Bonchev–Trinajstić information content (AvgIpc) is 2.33. The second-order valence-corrected chi connectivity index (χ2v) is 5.18. The molecular weight excluding hydrogens is 250 g/mol. The summed E-state index contributed by atoms with van der Waals surface area (Å²) in [5.41, 5.74) is 0. The molecule has 1 unspecified atom stereocenters. The van der Waals surface area contributed by atoms with Gasteiger partial charge in [-0.3, -0.25) is 0 Å². The summed E-state index contributed by atoms with van der Waals surface area (Å²) in [6.45, 7) is 4.98. The zero-order valence-electron chi connectivity index (χ0n) is 10.3. The molecule has 3 heteroatoms. The molecule has 0 fully saturated rings. The lowest BCUT2D eigenvalue weighted by molar-refractivity contribution is 0.588. The summed E-state index contributed by atoms with van der Waals surface area (Å²) in [6, 6.07) is 8.41. The smallest absolute Gasteiger partial charge is 0.0417 e. The Hall–Kier alpha value is -0.620. The molecule has 92 valence electrons. The molecule has 0 aliphatic heterocycles. The van der Waals surface area contributed by atoms with Crippen LogP contribution in [0.3, 0.4) is 0 Å². The van der Waals surface area contributed by atoms with Crippen molar-refractivity contribution in [1.29, 1.82) is 0 Å². The second kappa shape index (κ2) is 8.47. The van der Waals surface area contributed by atoms with E-state index in [9.17, 15) is 0 Å². The third-order valence-electron chi connectivity index (χ3n) is 2.27. The van der Waals surface area contributed by atoms with Gasteiger partial charge in [-0.15, -0.1) is 23.6 Å². The predicted octanol–water partition coefficient (Wildman–Crippen LogP) is 3.82. The summed E-state index contributed by atoms with van der Waals surface area (Å²) in [5.74, 6) is 7.09. The molecule has 0 spiro atoms. The third kappa shape index (κ3) is 6.02. The first-order valence-electron chi connectivity index (χ1n) is 5.77. The summed E-state index contributed by atoms with van der Waals surface area (Å²) < 4.78 is 0. The van der Waals surface area contributed by atoms with Gasteiger partial charge in [-0.25, -0.2) is 0 Å². The van der Waals surface area contributed by atoms with Crippen LogP contribution in [0.4, 0.5) is 0 Å². The molecule has 0 bridgehead atoms. The maximum atomic E-state index is 5.95. The minimum absolute atomic E-state index is 0.441. The summed E-state index contributed by atoms with van der Waals surface area (Å²) in [7, 11) is 0. The first kappa shape index (κ1) is 14.4. The topological polar surface area (TPSA) is 12.0 Å². The Kier molecular flexibility index (Phi) is 7.19. The quantitative estimate of drug-likeness (QED) is 0.621. The van der Waals surface area contributed by atoms with Crippen molar-refractivity contribution in [3.63, 3.8) is 0 Å². The number of benzene rings is 1. The molecule has 0 radical (unpaired) electrons. The van der Waals surface area contributed by atoms with E-state index >= 15 is 0 Å². The molecule has 0 amide bonds. The van der Waals surface area contributed by atoms with Crippen molar-refractivity contribution in [1.82, 2.24) is 5.32 Å².